The summed E-state index contributed by atoms with van der Waals surface area (Å²) in [4.78, 5) is 26.9. The number of halogens is 2. The molecule has 0 fully saturated rings. The smallest absolute Gasteiger partial charge is 0.308 e. The number of rotatable bonds is 6. The lowest BCUT2D eigenvalue weighted by Gasteiger charge is -2.19. The molecule has 0 aliphatic rings. The van der Waals surface area contributed by atoms with Crippen molar-refractivity contribution in [2.45, 2.75) is 19.9 Å². The normalized spacial score (nSPS) is 13.3. The van der Waals surface area contributed by atoms with Crippen molar-refractivity contribution in [3.63, 3.8) is 0 Å². The number of aliphatic carboxylic acids is 1. The molecule has 0 aromatic carbocycles. The van der Waals surface area contributed by atoms with Gasteiger partial charge in [-0.3, -0.25) is 4.79 Å². The van der Waals surface area contributed by atoms with Crippen molar-refractivity contribution in [2.24, 2.45) is 5.92 Å². The highest BCUT2D eigenvalue weighted by Gasteiger charge is 2.24. The zero-order valence-corrected chi connectivity index (χ0v) is 16.8. The number of carboxylic acid groups (broad SMARTS) is 1. The molecule has 0 spiro atoms. The van der Waals surface area contributed by atoms with Crippen molar-refractivity contribution in [1.82, 2.24) is 19.9 Å². The Morgan fingerprint density at radius 3 is 2.80 bits per heavy atom. The Morgan fingerprint density at radius 2 is 2.10 bits per heavy atom. The molecular weight excluding hydrogens is 412 g/mol. The van der Waals surface area contributed by atoms with E-state index in [1.54, 1.807) is 29.9 Å². The minimum Gasteiger partial charge on any atom is -0.481 e. The first-order valence-electron chi connectivity index (χ1n) is 9.07. The molecular formula is C20H17F2N5O2S. The number of fused-ring (bicyclic) bond motifs is 1. The quantitative estimate of drug-likeness (QED) is 0.416. The summed E-state index contributed by atoms with van der Waals surface area (Å²) in [6.07, 6.45) is 2.67. The average Bonchev–Trinajstić information content (AvgIpc) is 3.38. The third kappa shape index (κ3) is 3.61. The maximum absolute atomic E-state index is 15.2. The second-order valence-corrected chi connectivity index (χ2v) is 7.66. The molecule has 0 aliphatic carbocycles. The van der Waals surface area contributed by atoms with E-state index in [0.717, 1.165) is 6.20 Å². The van der Waals surface area contributed by atoms with E-state index in [1.165, 1.54) is 24.3 Å². The van der Waals surface area contributed by atoms with Crippen molar-refractivity contribution in [2.75, 3.05) is 5.32 Å². The number of aromatic amines is 1. The van der Waals surface area contributed by atoms with Gasteiger partial charge in [-0.2, -0.15) is 11.3 Å². The Labute approximate surface area is 173 Å². The summed E-state index contributed by atoms with van der Waals surface area (Å²) in [5.41, 5.74) is 1.53. The van der Waals surface area contributed by atoms with Gasteiger partial charge in [0.1, 0.15) is 17.2 Å². The highest BCUT2D eigenvalue weighted by Crippen LogP contribution is 2.32. The third-order valence-corrected chi connectivity index (χ3v) is 5.57. The van der Waals surface area contributed by atoms with Crippen LogP contribution in [0.1, 0.15) is 13.8 Å². The molecule has 3 N–H and O–H groups in total. The van der Waals surface area contributed by atoms with Crippen LogP contribution in [-0.2, 0) is 4.79 Å². The molecule has 7 nitrogen and oxygen atoms in total. The molecule has 4 heterocycles. The summed E-state index contributed by atoms with van der Waals surface area (Å²) in [6.45, 7) is 3.16. The van der Waals surface area contributed by atoms with E-state index < -0.39 is 29.6 Å². The van der Waals surface area contributed by atoms with Crippen LogP contribution < -0.4 is 5.32 Å². The lowest BCUT2D eigenvalue weighted by atomic mass is 10.0. The molecule has 4 aromatic heterocycles. The predicted molar refractivity (Wildman–Crippen MR) is 110 cm³/mol. The van der Waals surface area contributed by atoms with Gasteiger partial charge in [-0.05, 0) is 31.4 Å². The van der Waals surface area contributed by atoms with Crippen molar-refractivity contribution in [3.8, 4) is 22.6 Å². The fraction of sp³-hybridized carbons (Fsp3) is 0.200. The van der Waals surface area contributed by atoms with Crippen molar-refractivity contribution in [1.29, 1.82) is 0 Å². The summed E-state index contributed by atoms with van der Waals surface area (Å²) >= 11 is 1.39. The number of anilines is 1. The molecule has 0 unspecified atom stereocenters. The van der Waals surface area contributed by atoms with Crippen molar-refractivity contribution >= 4 is 34.2 Å². The van der Waals surface area contributed by atoms with E-state index in [1.807, 2.05) is 0 Å². The van der Waals surface area contributed by atoms with Crippen LogP contribution in [0.2, 0.25) is 0 Å². The fourth-order valence-corrected chi connectivity index (χ4v) is 3.61. The van der Waals surface area contributed by atoms with E-state index in [-0.39, 0.29) is 17.3 Å². The number of nitrogens with one attached hydrogen (secondary N) is 2. The highest BCUT2D eigenvalue weighted by atomic mass is 32.1. The molecule has 30 heavy (non-hydrogen) atoms. The van der Waals surface area contributed by atoms with Gasteiger partial charge < -0.3 is 15.4 Å². The van der Waals surface area contributed by atoms with Crippen LogP contribution in [0, 0.1) is 17.6 Å². The zero-order valence-electron chi connectivity index (χ0n) is 16.0. The number of aromatic nitrogens is 4. The summed E-state index contributed by atoms with van der Waals surface area (Å²) in [5.74, 6) is -2.97. The Bertz CT molecular complexity index is 1230. The van der Waals surface area contributed by atoms with Gasteiger partial charge in [0.25, 0.3) is 0 Å². The average molecular weight is 429 g/mol. The number of carboxylic acids is 1. The van der Waals surface area contributed by atoms with Crippen molar-refractivity contribution in [3.05, 3.63) is 46.9 Å². The van der Waals surface area contributed by atoms with Gasteiger partial charge >= 0.3 is 5.97 Å². The summed E-state index contributed by atoms with van der Waals surface area (Å²) in [7, 11) is 0. The first-order valence-corrected chi connectivity index (χ1v) is 10.0. The summed E-state index contributed by atoms with van der Waals surface area (Å²) < 4.78 is 29.0. The van der Waals surface area contributed by atoms with Crippen LogP contribution in [0.15, 0.2) is 35.3 Å². The van der Waals surface area contributed by atoms with Crippen LogP contribution in [0.25, 0.3) is 33.7 Å². The maximum atomic E-state index is 15.2. The largest absolute Gasteiger partial charge is 0.481 e. The van der Waals surface area contributed by atoms with Gasteiger partial charge in [0.2, 0.25) is 0 Å². The molecule has 10 heteroatoms. The molecule has 0 saturated heterocycles. The first-order chi connectivity index (χ1) is 14.3. The molecule has 4 aromatic rings. The number of hydrogen-bond acceptors (Lipinski definition) is 6. The first kappa shape index (κ1) is 19.9. The Morgan fingerprint density at radius 1 is 1.30 bits per heavy atom. The standard InChI is InChI=1S/C20H17F2N5O2S/c1-9(20(28)29)10(2)25-19-15(22)16(11-3-4-30-8-11)26-18(27-19)14-7-24-17-13(14)5-12(21)6-23-17/h3-10H,1-2H3,(H,23,24)(H,28,29)(H,25,26,27)/t9-,10-/m0/s1. The lowest BCUT2D eigenvalue weighted by Crippen LogP contribution is -2.30. The number of hydrogen-bond donors (Lipinski definition) is 3. The topological polar surface area (TPSA) is 104 Å². The van der Waals surface area contributed by atoms with E-state index >= 15 is 4.39 Å². The SMILES string of the molecule is C[C@H](Nc1nc(-c2c[nH]c3ncc(F)cc23)nc(-c2ccsc2)c1F)[C@H](C)C(=O)O. The Kier molecular flexibility index (Phi) is 5.17. The second kappa shape index (κ2) is 7.79. The zero-order chi connectivity index (χ0) is 21.4. The Balaban J connectivity index is 1.87. The molecule has 0 radical (unpaired) electrons. The van der Waals surface area contributed by atoms with Crippen LogP contribution in [0.5, 0.6) is 0 Å². The number of carbonyl (C=O) groups is 1. The van der Waals surface area contributed by atoms with Gasteiger partial charge in [-0.15, -0.1) is 0 Å². The monoisotopic (exact) mass is 429 g/mol. The van der Waals surface area contributed by atoms with E-state index in [0.29, 0.717) is 22.2 Å². The maximum Gasteiger partial charge on any atom is 0.308 e. The molecule has 154 valence electrons. The van der Waals surface area contributed by atoms with Gasteiger partial charge in [0.05, 0.1) is 12.1 Å². The van der Waals surface area contributed by atoms with Crippen LogP contribution in [0.3, 0.4) is 0 Å². The van der Waals surface area contributed by atoms with Gasteiger partial charge in [0.15, 0.2) is 17.5 Å². The molecule has 0 bridgehead atoms. The van der Waals surface area contributed by atoms with Gasteiger partial charge in [-0.1, -0.05) is 0 Å². The summed E-state index contributed by atoms with van der Waals surface area (Å²) in [6, 6.07) is 2.42. The fourth-order valence-electron chi connectivity index (χ4n) is 2.97. The number of thiophene rings is 1. The molecule has 0 saturated carbocycles. The van der Waals surface area contributed by atoms with E-state index in [2.05, 4.69) is 25.3 Å². The predicted octanol–water partition coefficient (Wildman–Crippen LogP) is 4.55. The highest BCUT2D eigenvalue weighted by molar-refractivity contribution is 7.08. The van der Waals surface area contributed by atoms with Crippen LogP contribution >= 0.6 is 11.3 Å². The second-order valence-electron chi connectivity index (χ2n) is 6.88. The van der Waals surface area contributed by atoms with Crippen molar-refractivity contribution < 1.29 is 18.7 Å². The molecule has 0 aliphatic heterocycles. The number of H-pyrrole nitrogens is 1. The molecule has 0 amide bonds. The van der Waals surface area contributed by atoms with E-state index in [4.69, 9.17) is 0 Å². The molecule has 2 atom stereocenters. The third-order valence-electron chi connectivity index (χ3n) is 4.89. The lowest BCUT2D eigenvalue weighted by molar-refractivity contribution is -0.141. The number of nitrogens with zero attached hydrogens (tertiary/aromatic N) is 3. The number of pyridine rings is 1. The minimum atomic E-state index is -1.01. The van der Waals surface area contributed by atoms with Crippen LogP contribution in [-0.4, -0.2) is 37.1 Å². The van der Waals surface area contributed by atoms with Gasteiger partial charge in [0, 0.05) is 34.1 Å². The summed E-state index contributed by atoms with van der Waals surface area (Å²) in [5, 5.41) is 16.1. The molecule has 4 rings (SSSR count). The van der Waals surface area contributed by atoms with Crippen LogP contribution in [0.4, 0.5) is 14.6 Å². The van der Waals surface area contributed by atoms with E-state index in [9.17, 15) is 14.3 Å². The Hall–Kier alpha value is -3.40. The minimum absolute atomic E-state index is 0.0673. The van der Waals surface area contributed by atoms with Gasteiger partial charge in [-0.25, -0.2) is 23.7 Å².